The van der Waals surface area contributed by atoms with Crippen LogP contribution in [0.2, 0.25) is 0 Å². The van der Waals surface area contributed by atoms with Gasteiger partial charge >= 0.3 is 0 Å². The van der Waals surface area contributed by atoms with Crippen molar-refractivity contribution >= 4 is 5.91 Å². The van der Waals surface area contributed by atoms with Gasteiger partial charge in [-0.05, 0) is 42.9 Å². The number of benzene rings is 1. The number of morpholine rings is 1. The Morgan fingerprint density at radius 1 is 1.29 bits per heavy atom. The molecular weight excluding hydrogens is 304 g/mol. The van der Waals surface area contributed by atoms with Crippen LogP contribution in [0.15, 0.2) is 24.3 Å². The van der Waals surface area contributed by atoms with Crippen LogP contribution in [0.25, 0.3) is 0 Å². The molecule has 5 heteroatoms. The molecule has 3 fully saturated rings. The van der Waals surface area contributed by atoms with Gasteiger partial charge in [-0.3, -0.25) is 9.69 Å². The first kappa shape index (κ1) is 15.9. The van der Waals surface area contributed by atoms with Crippen molar-refractivity contribution in [1.29, 1.82) is 0 Å². The summed E-state index contributed by atoms with van der Waals surface area (Å²) in [7, 11) is 1.65. The number of nitrogens with one attached hydrogen (secondary N) is 1. The summed E-state index contributed by atoms with van der Waals surface area (Å²) in [5.74, 6) is 1.70. The van der Waals surface area contributed by atoms with Gasteiger partial charge in [0.05, 0.1) is 26.2 Å². The predicted molar refractivity (Wildman–Crippen MR) is 91.1 cm³/mol. The van der Waals surface area contributed by atoms with Crippen molar-refractivity contribution in [2.75, 3.05) is 26.8 Å². The molecule has 1 amide bonds. The van der Waals surface area contributed by atoms with E-state index in [-0.39, 0.29) is 11.9 Å². The highest BCUT2D eigenvalue weighted by Crippen LogP contribution is 2.37. The Hall–Kier alpha value is -1.59. The summed E-state index contributed by atoms with van der Waals surface area (Å²) < 4.78 is 11.2. The van der Waals surface area contributed by atoms with E-state index in [4.69, 9.17) is 9.47 Å². The zero-order valence-electron chi connectivity index (χ0n) is 14.2. The monoisotopic (exact) mass is 330 g/mol. The number of methoxy groups -OCH3 is 1. The van der Waals surface area contributed by atoms with Crippen LogP contribution < -0.4 is 10.1 Å². The fraction of sp³-hybridized carbons (Fsp3) is 0.632. The van der Waals surface area contributed by atoms with Gasteiger partial charge < -0.3 is 14.8 Å². The molecule has 1 N–H and O–H groups in total. The smallest absolute Gasteiger partial charge is 0.224 e. The van der Waals surface area contributed by atoms with E-state index >= 15 is 0 Å². The van der Waals surface area contributed by atoms with Crippen molar-refractivity contribution in [1.82, 2.24) is 10.2 Å². The molecule has 0 radical (unpaired) electrons. The van der Waals surface area contributed by atoms with Crippen molar-refractivity contribution < 1.29 is 14.3 Å². The van der Waals surface area contributed by atoms with Crippen molar-refractivity contribution in [2.24, 2.45) is 5.92 Å². The van der Waals surface area contributed by atoms with Crippen LogP contribution in [-0.4, -0.2) is 55.8 Å². The van der Waals surface area contributed by atoms with Gasteiger partial charge in [-0.15, -0.1) is 0 Å². The second kappa shape index (κ2) is 6.73. The van der Waals surface area contributed by atoms with E-state index in [9.17, 15) is 4.79 Å². The number of rotatable bonds is 5. The minimum Gasteiger partial charge on any atom is -0.497 e. The zero-order chi connectivity index (χ0) is 16.5. The number of ether oxygens (including phenoxy) is 2. The molecule has 5 nitrogen and oxygen atoms in total. The molecule has 4 rings (SSSR count). The van der Waals surface area contributed by atoms with Crippen LogP contribution >= 0.6 is 0 Å². The van der Waals surface area contributed by atoms with E-state index in [1.807, 2.05) is 24.3 Å². The molecule has 2 aliphatic heterocycles. The highest BCUT2D eigenvalue weighted by molar-refractivity contribution is 5.79. The first-order valence-corrected chi connectivity index (χ1v) is 8.99. The molecule has 2 heterocycles. The molecule has 1 aromatic carbocycles. The molecule has 0 unspecified atom stereocenters. The second-order valence-corrected chi connectivity index (χ2v) is 7.34. The number of carbonyl (C=O) groups is 1. The molecule has 3 aliphatic rings. The third-order valence-electron chi connectivity index (χ3n) is 5.48. The van der Waals surface area contributed by atoms with E-state index in [0.29, 0.717) is 18.6 Å². The average molecular weight is 330 g/mol. The maximum absolute atomic E-state index is 12.3. The molecule has 1 aromatic rings. The van der Waals surface area contributed by atoms with Gasteiger partial charge in [0, 0.05) is 25.2 Å². The minimum atomic E-state index is 0.102. The summed E-state index contributed by atoms with van der Waals surface area (Å²) in [6.45, 7) is 2.83. The van der Waals surface area contributed by atoms with E-state index in [1.165, 1.54) is 12.8 Å². The van der Waals surface area contributed by atoms with Crippen molar-refractivity contribution in [3.8, 4) is 5.75 Å². The van der Waals surface area contributed by atoms with Gasteiger partial charge in [0.2, 0.25) is 5.91 Å². The Balaban J connectivity index is 1.27. The van der Waals surface area contributed by atoms with E-state index < -0.39 is 0 Å². The Bertz CT molecular complexity index is 585. The van der Waals surface area contributed by atoms with Crippen LogP contribution in [0, 0.1) is 5.92 Å². The lowest BCUT2D eigenvalue weighted by atomic mass is 10.1. The quantitative estimate of drug-likeness (QED) is 0.891. The van der Waals surface area contributed by atoms with E-state index in [2.05, 4.69) is 10.2 Å². The average Bonchev–Trinajstić information content (AvgIpc) is 3.35. The molecule has 1 saturated carbocycles. The Labute approximate surface area is 143 Å². The maximum Gasteiger partial charge on any atom is 0.224 e. The Morgan fingerprint density at radius 3 is 2.79 bits per heavy atom. The number of amides is 1. The number of nitrogens with zero attached hydrogens (tertiary/aromatic N) is 1. The Morgan fingerprint density at radius 2 is 2.08 bits per heavy atom. The third-order valence-corrected chi connectivity index (χ3v) is 5.48. The van der Waals surface area contributed by atoms with E-state index in [1.54, 1.807) is 7.11 Å². The van der Waals surface area contributed by atoms with Crippen LogP contribution in [0.5, 0.6) is 5.75 Å². The first-order valence-electron chi connectivity index (χ1n) is 8.99. The molecule has 24 heavy (non-hydrogen) atoms. The molecule has 0 aromatic heterocycles. The molecule has 0 bridgehead atoms. The highest BCUT2D eigenvalue weighted by Gasteiger charge is 2.42. The van der Waals surface area contributed by atoms with Gasteiger partial charge in [0.15, 0.2) is 0 Å². The van der Waals surface area contributed by atoms with Crippen molar-refractivity contribution in [2.45, 2.75) is 43.9 Å². The van der Waals surface area contributed by atoms with Crippen LogP contribution in [0.3, 0.4) is 0 Å². The van der Waals surface area contributed by atoms with Crippen LogP contribution in [0.4, 0.5) is 0 Å². The minimum absolute atomic E-state index is 0.102. The number of carbonyl (C=O) groups excluding carboxylic acids is 1. The topological polar surface area (TPSA) is 50.8 Å². The first-order chi connectivity index (χ1) is 11.7. The lowest BCUT2D eigenvalue weighted by Gasteiger charge is -2.35. The predicted octanol–water partition coefficient (Wildman–Crippen LogP) is 1.61. The fourth-order valence-corrected chi connectivity index (χ4v) is 3.96. The fourth-order valence-electron chi connectivity index (χ4n) is 3.96. The lowest BCUT2D eigenvalue weighted by Crippen LogP contribution is -2.47. The van der Waals surface area contributed by atoms with Crippen LogP contribution in [0.1, 0.15) is 24.8 Å². The summed E-state index contributed by atoms with van der Waals surface area (Å²) in [5, 5.41) is 3.20. The molecule has 2 saturated heterocycles. The lowest BCUT2D eigenvalue weighted by molar-refractivity contribution is -0.121. The third kappa shape index (κ3) is 3.57. The molecule has 3 atom stereocenters. The van der Waals surface area contributed by atoms with Gasteiger partial charge in [-0.1, -0.05) is 12.1 Å². The second-order valence-electron chi connectivity index (χ2n) is 7.34. The highest BCUT2D eigenvalue weighted by atomic mass is 16.5. The number of hydrogen-bond acceptors (Lipinski definition) is 4. The van der Waals surface area contributed by atoms with Crippen LogP contribution in [-0.2, 0) is 16.0 Å². The maximum atomic E-state index is 12.3. The summed E-state index contributed by atoms with van der Waals surface area (Å²) in [6, 6.07) is 8.42. The van der Waals surface area contributed by atoms with Gasteiger partial charge in [0.25, 0.3) is 0 Å². The summed E-state index contributed by atoms with van der Waals surface area (Å²) in [4.78, 5) is 14.8. The van der Waals surface area contributed by atoms with Crippen molar-refractivity contribution in [3.63, 3.8) is 0 Å². The van der Waals surface area contributed by atoms with Gasteiger partial charge in [0.1, 0.15) is 5.75 Å². The largest absolute Gasteiger partial charge is 0.497 e. The molecule has 1 aliphatic carbocycles. The number of hydrogen-bond donors (Lipinski definition) is 1. The summed E-state index contributed by atoms with van der Waals surface area (Å²) >= 11 is 0. The normalized spacial score (nSPS) is 30.0. The molecule has 0 spiro atoms. The van der Waals surface area contributed by atoms with E-state index in [0.717, 1.165) is 43.3 Å². The summed E-state index contributed by atoms with van der Waals surface area (Å²) in [6.07, 6.45) is 4.50. The Kier molecular flexibility index (Phi) is 4.46. The van der Waals surface area contributed by atoms with Crippen molar-refractivity contribution in [3.05, 3.63) is 29.8 Å². The molecule has 130 valence electrons. The van der Waals surface area contributed by atoms with Gasteiger partial charge in [-0.25, -0.2) is 0 Å². The zero-order valence-corrected chi connectivity index (χ0v) is 14.2. The van der Waals surface area contributed by atoms with Gasteiger partial charge in [-0.2, -0.15) is 0 Å². The standard InChI is InChI=1S/C19H26N2O3/c1-23-17-6-2-13(3-7-17)8-19(22)20-15-9-16-12-24-18(14-4-5-14)11-21(16)10-15/h2-3,6-7,14-16,18H,4-5,8-12H2,1H3,(H,20,22)/t15-,16-,18+/m0/s1. The number of fused-ring (bicyclic) bond motifs is 1. The SMILES string of the molecule is COc1ccc(CC(=O)N[C@H]2C[C@H]3CO[C@@H](C4CC4)CN3C2)cc1. The summed E-state index contributed by atoms with van der Waals surface area (Å²) in [5.41, 5.74) is 1.01. The molecular formula is C19H26N2O3.